The Morgan fingerprint density at radius 1 is 1.33 bits per heavy atom. The largest absolute Gasteiger partial charge is 0.391 e. The van der Waals surface area contributed by atoms with E-state index in [9.17, 15) is 9.90 Å². The van der Waals surface area contributed by atoms with Crippen LogP contribution in [-0.2, 0) is 0 Å². The van der Waals surface area contributed by atoms with Gasteiger partial charge in [-0.2, -0.15) is 0 Å². The molecule has 0 spiro atoms. The van der Waals surface area contributed by atoms with E-state index in [0.29, 0.717) is 12.5 Å². The van der Waals surface area contributed by atoms with Gasteiger partial charge in [0.1, 0.15) is 0 Å². The lowest BCUT2D eigenvalue weighted by Gasteiger charge is -2.27. The van der Waals surface area contributed by atoms with Gasteiger partial charge in [0.25, 0.3) is 0 Å². The van der Waals surface area contributed by atoms with Crippen molar-refractivity contribution in [2.75, 3.05) is 19.6 Å². The van der Waals surface area contributed by atoms with E-state index >= 15 is 0 Å². The summed E-state index contributed by atoms with van der Waals surface area (Å²) < 4.78 is 0. The van der Waals surface area contributed by atoms with Crippen molar-refractivity contribution in [1.29, 1.82) is 0 Å². The zero-order valence-electron chi connectivity index (χ0n) is 9.11. The molecule has 0 aromatic carbocycles. The molecule has 1 saturated heterocycles. The summed E-state index contributed by atoms with van der Waals surface area (Å²) in [5.41, 5.74) is 0. The van der Waals surface area contributed by atoms with Gasteiger partial charge in [-0.1, -0.05) is 0 Å². The number of aliphatic hydroxyl groups is 1. The molecule has 1 saturated carbocycles. The van der Waals surface area contributed by atoms with Crippen molar-refractivity contribution in [3.05, 3.63) is 0 Å². The first-order chi connectivity index (χ1) is 7.27. The first-order valence-corrected chi connectivity index (χ1v) is 5.98. The van der Waals surface area contributed by atoms with Crippen LogP contribution in [0, 0.1) is 5.92 Å². The van der Waals surface area contributed by atoms with Crippen LogP contribution in [0.5, 0.6) is 0 Å². The molecule has 2 aliphatic rings. The minimum absolute atomic E-state index is 0.00519. The Morgan fingerprint density at radius 2 is 2.00 bits per heavy atom. The van der Waals surface area contributed by atoms with Crippen LogP contribution in [0.2, 0.25) is 0 Å². The predicted molar refractivity (Wildman–Crippen MR) is 57.6 cm³/mol. The molecule has 1 atom stereocenters. The number of aliphatic hydroxyl groups excluding tert-OH is 1. The number of rotatable bonds is 3. The molecule has 2 fully saturated rings. The molecule has 2 amide bonds. The van der Waals surface area contributed by atoms with E-state index < -0.39 is 0 Å². The number of urea groups is 1. The number of piperidine rings is 1. The monoisotopic (exact) mass is 212 g/mol. The van der Waals surface area contributed by atoms with E-state index in [1.54, 1.807) is 0 Å². The summed E-state index contributed by atoms with van der Waals surface area (Å²) in [6.45, 7) is 2.15. The normalized spacial score (nSPS) is 23.7. The molecular weight excluding hydrogens is 192 g/mol. The average Bonchev–Trinajstić information content (AvgIpc) is 3.10. The summed E-state index contributed by atoms with van der Waals surface area (Å²) in [4.78, 5) is 13.5. The number of carbonyl (C=O) groups excluding carboxylic acids is 1. The minimum atomic E-state index is -0.334. The molecular formula is C11H20N2O2. The van der Waals surface area contributed by atoms with Gasteiger partial charge in [0.15, 0.2) is 0 Å². The van der Waals surface area contributed by atoms with Gasteiger partial charge in [-0.05, 0) is 38.0 Å². The maximum Gasteiger partial charge on any atom is 0.317 e. The predicted octanol–water partition coefficient (Wildman–Crippen LogP) is 0.953. The fourth-order valence-corrected chi connectivity index (χ4v) is 2.05. The molecule has 0 aromatic heterocycles. The molecule has 0 aromatic rings. The fourth-order valence-electron chi connectivity index (χ4n) is 2.05. The van der Waals surface area contributed by atoms with Crippen molar-refractivity contribution in [1.82, 2.24) is 10.2 Å². The van der Waals surface area contributed by atoms with Crippen molar-refractivity contribution in [3.63, 3.8) is 0 Å². The standard InChI is InChI=1S/C11H20N2O2/c14-10(9-4-5-9)8-12-11(15)13-6-2-1-3-7-13/h9-10,14H,1-8H2,(H,12,15). The second-order valence-corrected chi connectivity index (χ2v) is 4.64. The Balaban J connectivity index is 1.66. The van der Waals surface area contributed by atoms with Crippen LogP contribution in [0.3, 0.4) is 0 Å². The third-order valence-corrected chi connectivity index (χ3v) is 3.27. The highest BCUT2D eigenvalue weighted by molar-refractivity contribution is 5.74. The molecule has 1 heterocycles. The van der Waals surface area contributed by atoms with Gasteiger partial charge in [0, 0.05) is 19.6 Å². The van der Waals surface area contributed by atoms with E-state index in [-0.39, 0.29) is 12.1 Å². The second kappa shape index (κ2) is 4.84. The summed E-state index contributed by atoms with van der Waals surface area (Å²) >= 11 is 0. The van der Waals surface area contributed by atoms with E-state index in [4.69, 9.17) is 0 Å². The lowest BCUT2D eigenvalue weighted by Crippen LogP contribution is -2.45. The summed E-state index contributed by atoms with van der Waals surface area (Å²) in [6, 6.07) is -0.00519. The number of carbonyl (C=O) groups is 1. The number of likely N-dealkylation sites (tertiary alicyclic amines) is 1. The Labute approximate surface area is 90.6 Å². The highest BCUT2D eigenvalue weighted by atomic mass is 16.3. The van der Waals surface area contributed by atoms with Crippen molar-refractivity contribution < 1.29 is 9.90 Å². The van der Waals surface area contributed by atoms with Crippen LogP contribution in [0.4, 0.5) is 4.79 Å². The molecule has 15 heavy (non-hydrogen) atoms. The number of hydrogen-bond acceptors (Lipinski definition) is 2. The number of hydrogen-bond donors (Lipinski definition) is 2. The maximum absolute atomic E-state index is 11.6. The van der Waals surface area contributed by atoms with Gasteiger partial charge in [-0.15, -0.1) is 0 Å². The molecule has 0 radical (unpaired) electrons. The van der Waals surface area contributed by atoms with Crippen molar-refractivity contribution in [2.24, 2.45) is 5.92 Å². The minimum Gasteiger partial charge on any atom is -0.391 e. The van der Waals surface area contributed by atoms with Crippen molar-refractivity contribution in [2.45, 2.75) is 38.2 Å². The lowest BCUT2D eigenvalue weighted by atomic mass is 10.1. The first kappa shape index (κ1) is 10.7. The van der Waals surface area contributed by atoms with Crippen LogP contribution in [0.1, 0.15) is 32.1 Å². The Hall–Kier alpha value is -0.770. The third kappa shape index (κ3) is 3.09. The van der Waals surface area contributed by atoms with Gasteiger partial charge >= 0.3 is 6.03 Å². The van der Waals surface area contributed by atoms with Crippen molar-refractivity contribution >= 4 is 6.03 Å². The molecule has 2 rings (SSSR count). The second-order valence-electron chi connectivity index (χ2n) is 4.64. The number of nitrogens with zero attached hydrogens (tertiary/aromatic N) is 1. The Bertz CT molecular complexity index is 223. The zero-order valence-corrected chi connectivity index (χ0v) is 9.11. The maximum atomic E-state index is 11.6. The van der Waals surface area contributed by atoms with E-state index in [1.807, 2.05) is 4.90 Å². The Kier molecular flexibility index (Phi) is 3.46. The van der Waals surface area contributed by atoms with Gasteiger partial charge in [0.2, 0.25) is 0 Å². The molecule has 1 aliphatic carbocycles. The van der Waals surface area contributed by atoms with Crippen molar-refractivity contribution in [3.8, 4) is 0 Å². The summed E-state index contributed by atoms with van der Waals surface area (Å²) in [6.07, 6.45) is 5.34. The molecule has 4 heteroatoms. The van der Waals surface area contributed by atoms with E-state index in [0.717, 1.165) is 38.8 Å². The van der Waals surface area contributed by atoms with Gasteiger partial charge in [0.05, 0.1) is 6.10 Å². The molecule has 1 aliphatic heterocycles. The summed E-state index contributed by atoms with van der Waals surface area (Å²) in [5.74, 6) is 0.437. The highest BCUT2D eigenvalue weighted by Gasteiger charge is 2.30. The third-order valence-electron chi connectivity index (χ3n) is 3.27. The topological polar surface area (TPSA) is 52.6 Å². The molecule has 4 nitrogen and oxygen atoms in total. The molecule has 1 unspecified atom stereocenters. The number of nitrogens with one attached hydrogen (secondary N) is 1. The number of amides is 2. The van der Waals surface area contributed by atoms with Crippen LogP contribution in [0.15, 0.2) is 0 Å². The van der Waals surface area contributed by atoms with Crippen LogP contribution in [-0.4, -0.2) is 41.8 Å². The molecule has 0 bridgehead atoms. The van der Waals surface area contributed by atoms with Gasteiger partial charge in [-0.3, -0.25) is 0 Å². The van der Waals surface area contributed by atoms with E-state index in [2.05, 4.69) is 5.32 Å². The molecule has 86 valence electrons. The smallest absolute Gasteiger partial charge is 0.317 e. The summed E-state index contributed by atoms with van der Waals surface area (Å²) in [7, 11) is 0. The highest BCUT2D eigenvalue weighted by Crippen LogP contribution is 2.32. The fraction of sp³-hybridized carbons (Fsp3) is 0.909. The lowest BCUT2D eigenvalue weighted by molar-refractivity contribution is 0.140. The first-order valence-electron chi connectivity index (χ1n) is 5.98. The van der Waals surface area contributed by atoms with Crippen LogP contribution < -0.4 is 5.32 Å². The van der Waals surface area contributed by atoms with Crippen LogP contribution >= 0.6 is 0 Å². The summed E-state index contributed by atoms with van der Waals surface area (Å²) in [5, 5.41) is 12.4. The zero-order chi connectivity index (χ0) is 10.7. The molecule has 2 N–H and O–H groups in total. The average molecular weight is 212 g/mol. The van der Waals surface area contributed by atoms with Gasteiger partial charge < -0.3 is 15.3 Å². The van der Waals surface area contributed by atoms with E-state index in [1.165, 1.54) is 6.42 Å². The van der Waals surface area contributed by atoms with Gasteiger partial charge in [-0.25, -0.2) is 4.79 Å². The Morgan fingerprint density at radius 3 is 2.60 bits per heavy atom. The van der Waals surface area contributed by atoms with Crippen LogP contribution in [0.25, 0.3) is 0 Å². The quantitative estimate of drug-likeness (QED) is 0.732. The SMILES string of the molecule is O=C(NCC(O)C1CC1)N1CCCCC1.